The van der Waals surface area contributed by atoms with Crippen molar-refractivity contribution in [3.05, 3.63) is 0 Å². The Morgan fingerprint density at radius 2 is 2.22 bits per heavy atom. The molecule has 0 bridgehead atoms. The van der Waals surface area contributed by atoms with Gasteiger partial charge in [-0.25, -0.2) is 0 Å². The predicted molar refractivity (Wildman–Crippen MR) is 40.5 cm³/mol. The summed E-state index contributed by atoms with van der Waals surface area (Å²) < 4.78 is 4.48. The van der Waals surface area contributed by atoms with Crippen LogP contribution in [0.1, 0.15) is 6.92 Å². The molecule has 0 fully saturated rings. The Bertz CT molecular complexity index is 89.1. The molecule has 0 saturated carbocycles. The van der Waals surface area contributed by atoms with Crippen LogP contribution in [0.4, 0.5) is 0 Å². The number of hydrogen-bond acceptors (Lipinski definition) is 3. The Morgan fingerprint density at radius 1 is 1.78 bits per heavy atom. The smallest absolute Gasteiger partial charge is 0.328 e. The third-order valence-corrected chi connectivity index (χ3v) is 2.79. The van der Waals surface area contributed by atoms with Gasteiger partial charge >= 0.3 is 8.60 Å². The predicted octanol–water partition coefficient (Wildman–Crippen LogP) is 1.56. The van der Waals surface area contributed by atoms with Crippen LogP contribution in [-0.2, 0) is 4.52 Å². The second kappa shape index (κ2) is 4.06. The van der Waals surface area contributed by atoms with Gasteiger partial charge in [-0.3, -0.25) is 4.52 Å². The first kappa shape index (κ1) is 10.1. The van der Waals surface area contributed by atoms with E-state index in [9.17, 15) is 0 Å². The molecule has 6 heteroatoms. The molecule has 0 heterocycles. The summed E-state index contributed by atoms with van der Waals surface area (Å²) in [7, 11) is -2.36. The average molecular weight is 237 g/mol. The average Bonchev–Trinajstić information content (AvgIpc) is 1.63. The van der Waals surface area contributed by atoms with Gasteiger partial charge in [0.25, 0.3) is 0 Å². The van der Waals surface area contributed by atoms with Gasteiger partial charge < -0.3 is 9.79 Å². The molecule has 0 aliphatic carbocycles. The van der Waals surface area contributed by atoms with Crippen LogP contribution in [0.25, 0.3) is 0 Å². The van der Waals surface area contributed by atoms with Crippen molar-refractivity contribution in [2.24, 2.45) is 0 Å². The molecule has 0 aliphatic rings. The third-order valence-electron chi connectivity index (χ3n) is 0.511. The molecule has 0 aliphatic heterocycles. The van der Waals surface area contributed by atoms with Crippen LogP contribution in [0.2, 0.25) is 0 Å². The number of rotatable bonds is 3. The van der Waals surface area contributed by atoms with Crippen LogP contribution >= 0.6 is 36.1 Å². The maximum absolute atomic E-state index is 8.31. The molecule has 9 heavy (non-hydrogen) atoms. The Labute approximate surface area is 68.1 Å². The van der Waals surface area contributed by atoms with Crippen molar-refractivity contribution in [1.29, 1.82) is 0 Å². The summed E-state index contributed by atoms with van der Waals surface area (Å²) in [4.78, 5) is 16.6. The van der Waals surface area contributed by atoms with Crippen LogP contribution in [0.5, 0.6) is 0 Å². The van der Waals surface area contributed by atoms with E-state index in [1.165, 1.54) is 6.92 Å². The first-order valence-corrected chi connectivity index (χ1v) is 4.76. The van der Waals surface area contributed by atoms with Gasteiger partial charge in [0.1, 0.15) is 0 Å². The fourth-order valence-electron chi connectivity index (χ4n) is 0.195. The van der Waals surface area contributed by atoms with Gasteiger partial charge in [-0.15, -0.1) is 0 Å². The normalized spacial score (nSPS) is 18.0. The van der Waals surface area contributed by atoms with E-state index < -0.39 is 13.7 Å². The molecule has 0 aromatic heterocycles. The van der Waals surface area contributed by atoms with Crippen molar-refractivity contribution < 1.29 is 14.3 Å². The van der Waals surface area contributed by atoms with Gasteiger partial charge in [-0.05, 0) is 6.92 Å². The zero-order valence-electron chi connectivity index (χ0n) is 4.71. The summed E-state index contributed by atoms with van der Waals surface area (Å²) >= 11 is 8.57. The number of halogens is 2. The van der Waals surface area contributed by atoms with E-state index in [1.807, 2.05) is 0 Å². The highest BCUT2D eigenvalue weighted by molar-refractivity contribution is 9.09. The summed E-state index contributed by atoms with van der Waals surface area (Å²) in [6.45, 7) is 1.53. The van der Waals surface area contributed by atoms with Crippen LogP contribution in [0, 0.1) is 0 Å². The molecule has 3 nitrogen and oxygen atoms in total. The van der Waals surface area contributed by atoms with Crippen molar-refractivity contribution in [3.8, 4) is 0 Å². The topological polar surface area (TPSA) is 49.7 Å². The van der Waals surface area contributed by atoms with Gasteiger partial charge in [0.05, 0.1) is 0 Å². The minimum atomic E-state index is -2.36. The summed E-state index contributed by atoms with van der Waals surface area (Å²) in [5.74, 6) is 0. The van der Waals surface area contributed by atoms with E-state index in [1.54, 1.807) is 0 Å². The molecule has 2 N–H and O–H groups in total. The lowest BCUT2D eigenvalue weighted by Crippen LogP contribution is -2.19. The van der Waals surface area contributed by atoms with Crippen LogP contribution in [0.3, 0.4) is 0 Å². The molecule has 0 spiro atoms. The maximum Gasteiger partial charge on any atom is 0.328 e. The monoisotopic (exact) mass is 236 g/mol. The molecule has 0 rings (SSSR count). The Kier molecular flexibility index (Phi) is 4.55. The minimum Gasteiger partial charge on any atom is -0.328 e. The van der Waals surface area contributed by atoms with E-state index in [0.29, 0.717) is 5.33 Å². The van der Waals surface area contributed by atoms with E-state index in [4.69, 9.17) is 21.4 Å². The van der Waals surface area contributed by atoms with Gasteiger partial charge in [0.15, 0.2) is 5.06 Å². The molecule has 0 aromatic rings. The van der Waals surface area contributed by atoms with Crippen LogP contribution < -0.4 is 0 Å². The summed E-state index contributed by atoms with van der Waals surface area (Å²) in [5, 5.41) is -0.670. The minimum absolute atomic E-state index is 0.349. The summed E-state index contributed by atoms with van der Waals surface area (Å²) in [5.41, 5.74) is 0. The van der Waals surface area contributed by atoms with Crippen LogP contribution in [0.15, 0.2) is 0 Å². The fraction of sp³-hybridized carbons (Fsp3) is 1.00. The third kappa shape index (κ3) is 5.52. The highest BCUT2D eigenvalue weighted by atomic mass is 79.9. The molecule has 1 atom stereocenters. The van der Waals surface area contributed by atoms with Crippen molar-refractivity contribution in [3.63, 3.8) is 0 Å². The molecule has 1 unspecified atom stereocenters. The second-order valence-corrected chi connectivity index (χ2v) is 3.63. The van der Waals surface area contributed by atoms with Gasteiger partial charge in [-0.1, -0.05) is 27.5 Å². The first-order valence-electron chi connectivity index (χ1n) is 2.10. The van der Waals surface area contributed by atoms with Gasteiger partial charge in [-0.2, -0.15) is 0 Å². The standard InChI is InChI=1S/C3H7BrClO3P/c1-3(5,2-4)8-9(6)7/h6-7H,2H2,1H3. The zero-order chi connectivity index (χ0) is 7.49. The molecule has 0 aromatic carbocycles. The Hall–Kier alpha value is 1.08. The lowest BCUT2D eigenvalue weighted by molar-refractivity contribution is 0.171. The highest BCUT2D eigenvalue weighted by Gasteiger charge is 2.23. The van der Waals surface area contributed by atoms with Crippen molar-refractivity contribution in [1.82, 2.24) is 0 Å². The highest BCUT2D eigenvalue weighted by Crippen LogP contribution is 2.35. The fourth-order valence-corrected chi connectivity index (χ4v) is 1.08. The Balaban J connectivity index is 3.58. The SMILES string of the molecule is CC(Cl)(CBr)OP(O)O. The summed E-state index contributed by atoms with van der Waals surface area (Å²) in [6, 6.07) is 0. The lowest BCUT2D eigenvalue weighted by atomic mass is 10.5. The van der Waals surface area contributed by atoms with Gasteiger partial charge in [0.2, 0.25) is 0 Å². The maximum atomic E-state index is 8.31. The summed E-state index contributed by atoms with van der Waals surface area (Å²) in [6.07, 6.45) is 0. The zero-order valence-corrected chi connectivity index (χ0v) is 7.95. The largest absolute Gasteiger partial charge is 0.328 e. The second-order valence-electron chi connectivity index (χ2n) is 1.58. The van der Waals surface area contributed by atoms with E-state index in [0.717, 1.165) is 0 Å². The van der Waals surface area contributed by atoms with E-state index in [2.05, 4.69) is 20.5 Å². The molecule has 56 valence electrons. The van der Waals surface area contributed by atoms with Crippen molar-refractivity contribution >= 4 is 36.1 Å². The molecule has 0 saturated heterocycles. The molecule has 0 radical (unpaired) electrons. The van der Waals surface area contributed by atoms with E-state index in [-0.39, 0.29) is 0 Å². The Morgan fingerprint density at radius 3 is 2.33 bits per heavy atom. The first-order chi connectivity index (χ1) is 3.98. The molecular weight excluding hydrogens is 230 g/mol. The van der Waals surface area contributed by atoms with Gasteiger partial charge in [0, 0.05) is 5.33 Å². The molecular formula is C3H7BrClO3P. The van der Waals surface area contributed by atoms with Crippen LogP contribution in [-0.4, -0.2) is 20.2 Å². The molecule has 0 amide bonds. The quantitative estimate of drug-likeness (QED) is 0.578. The number of alkyl halides is 2. The van der Waals surface area contributed by atoms with E-state index >= 15 is 0 Å². The number of hydrogen-bond donors (Lipinski definition) is 2. The van der Waals surface area contributed by atoms with Crippen molar-refractivity contribution in [2.75, 3.05) is 5.33 Å². The lowest BCUT2D eigenvalue weighted by Gasteiger charge is -2.18. The van der Waals surface area contributed by atoms with Crippen molar-refractivity contribution in [2.45, 2.75) is 12.0 Å².